The van der Waals surface area contributed by atoms with Gasteiger partial charge in [-0.15, -0.1) is 11.6 Å². The van der Waals surface area contributed by atoms with Gasteiger partial charge in [-0.1, -0.05) is 0 Å². The Bertz CT molecular complexity index is 132. The van der Waals surface area contributed by atoms with Gasteiger partial charge in [0.2, 0.25) is 0 Å². The van der Waals surface area contributed by atoms with Gasteiger partial charge >= 0.3 is 0 Å². The second-order valence-electron chi connectivity index (χ2n) is 3.75. The smallest absolute Gasteiger partial charge is 0.0704 e. The zero-order valence-electron chi connectivity index (χ0n) is 8.39. The second kappa shape index (κ2) is 6.63. The molecule has 3 heteroatoms. The number of halogens is 1. The number of alkyl halides is 1. The Balaban J connectivity index is 1.88. The first-order chi connectivity index (χ1) is 6.33. The molecule has 1 heterocycles. The third-order valence-corrected chi connectivity index (χ3v) is 2.70. The lowest BCUT2D eigenvalue weighted by molar-refractivity contribution is 0.0561. The van der Waals surface area contributed by atoms with E-state index >= 15 is 0 Å². The summed E-state index contributed by atoms with van der Waals surface area (Å²) in [6.07, 6.45) is 5.63. The van der Waals surface area contributed by atoms with Gasteiger partial charge in [-0.2, -0.15) is 0 Å². The molecule has 0 aromatic carbocycles. The van der Waals surface area contributed by atoms with E-state index in [0.717, 1.165) is 25.4 Å². The molecular formula is C10H20ClNO. The fourth-order valence-corrected chi connectivity index (χ4v) is 1.83. The Hall–Kier alpha value is 0.210. The zero-order chi connectivity index (χ0) is 9.52. The highest BCUT2D eigenvalue weighted by molar-refractivity contribution is 6.17. The summed E-state index contributed by atoms with van der Waals surface area (Å²) in [7, 11) is 0. The monoisotopic (exact) mass is 205 g/mol. The Labute approximate surface area is 86.0 Å². The van der Waals surface area contributed by atoms with Crippen LogP contribution in [0.4, 0.5) is 0 Å². The molecule has 0 spiro atoms. The molecular weight excluding hydrogens is 186 g/mol. The van der Waals surface area contributed by atoms with E-state index in [2.05, 4.69) is 12.2 Å². The summed E-state index contributed by atoms with van der Waals surface area (Å²) in [5.74, 6) is 0.776. The summed E-state index contributed by atoms with van der Waals surface area (Å²) >= 11 is 5.57. The van der Waals surface area contributed by atoms with Crippen LogP contribution in [0.25, 0.3) is 0 Å². The topological polar surface area (TPSA) is 21.3 Å². The van der Waals surface area contributed by atoms with Gasteiger partial charge in [-0.05, 0) is 39.2 Å². The first-order valence-corrected chi connectivity index (χ1v) is 5.78. The summed E-state index contributed by atoms with van der Waals surface area (Å²) in [6.45, 7) is 4.22. The number of hydrogen-bond donors (Lipinski definition) is 1. The van der Waals surface area contributed by atoms with Gasteiger partial charge in [0.1, 0.15) is 0 Å². The van der Waals surface area contributed by atoms with E-state index in [4.69, 9.17) is 16.3 Å². The molecule has 0 amide bonds. The molecule has 2 unspecified atom stereocenters. The minimum atomic E-state index is 0.450. The molecule has 2 nitrogen and oxygen atoms in total. The van der Waals surface area contributed by atoms with Crippen molar-refractivity contribution in [3.63, 3.8) is 0 Å². The molecule has 0 aromatic heterocycles. The standard InChI is InChI=1S/C10H20ClNO/c1-9-4-5-10(13-9)8-12-7-3-2-6-11/h9-10,12H,2-8H2,1H3. The molecule has 0 saturated carbocycles. The fraction of sp³-hybridized carbons (Fsp3) is 1.00. The van der Waals surface area contributed by atoms with Crippen LogP contribution in [-0.2, 0) is 4.74 Å². The van der Waals surface area contributed by atoms with Crippen molar-refractivity contribution in [1.82, 2.24) is 5.32 Å². The molecule has 1 saturated heterocycles. The van der Waals surface area contributed by atoms with Crippen molar-refractivity contribution < 1.29 is 4.74 Å². The molecule has 1 fully saturated rings. The number of unbranched alkanes of at least 4 members (excludes halogenated alkanes) is 1. The molecule has 1 aliphatic heterocycles. The van der Waals surface area contributed by atoms with Gasteiger partial charge in [0.15, 0.2) is 0 Å². The summed E-state index contributed by atoms with van der Waals surface area (Å²) in [5, 5.41) is 3.40. The maximum Gasteiger partial charge on any atom is 0.0704 e. The molecule has 0 aromatic rings. The maximum absolute atomic E-state index is 5.68. The average molecular weight is 206 g/mol. The van der Waals surface area contributed by atoms with Crippen molar-refractivity contribution >= 4 is 11.6 Å². The normalized spacial score (nSPS) is 28.2. The lowest BCUT2D eigenvalue weighted by Gasteiger charge is -2.11. The van der Waals surface area contributed by atoms with E-state index in [-0.39, 0.29) is 0 Å². The van der Waals surface area contributed by atoms with E-state index in [9.17, 15) is 0 Å². The van der Waals surface area contributed by atoms with Crippen molar-refractivity contribution in [1.29, 1.82) is 0 Å². The summed E-state index contributed by atoms with van der Waals surface area (Å²) in [4.78, 5) is 0. The van der Waals surface area contributed by atoms with Gasteiger partial charge in [0.25, 0.3) is 0 Å². The van der Waals surface area contributed by atoms with Crippen LogP contribution in [-0.4, -0.2) is 31.2 Å². The molecule has 1 rings (SSSR count). The van der Waals surface area contributed by atoms with Crippen LogP contribution in [0.2, 0.25) is 0 Å². The Morgan fingerprint density at radius 3 is 2.85 bits per heavy atom. The molecule has 78 valence electrons. The van der Waals surface area contributed by atoms with Crippen LogP contribution in [0, 0.1) is 0 Å². The fourth-order valence-electron chi connectivity index (χ4n) is 1.64. The minimum absolute atomic E-state index is 0.450. The average Bonchev–Trinajstić information content (AvgIpc) is 2.51. The highest BCUT2D eigenvalue weighted by Gasteiger charge is 2.20. The Morgan fingerprint density at radius 2 is 2.23 bits per heavy atom. The first kappa shape index (κ1) is 11.3. The maximum atomic E-state index is 5.68. The van der Waals surface area contributed by atoms with Crippen LogP contribution in [0.15, 0.2) is 0 Å². The minimum Gasteiger partial charge on any atom is -0.374 e. The van der Waals surface area contributed by atoms with Crippen molar-refractivity contribution in [2.24, 2.45) is 0 Å². The predicted molar refractivity (Wildman–Crippen MR) is 56.4 cm³/mol. The molecule has 1 aliphatic rings. The molecule has 0 radical (unpaired) electrons. The summed E-state index contributed by atoms with van der Waals surface area (Å²) in [5.41, 5.74) is 0. The molecule has 0 aliphatic carbocycles. The number of ether oxygens (including phenoxy) is 1. The van der Waals surface area contributed by atoms with Crippen LogP contribution >= 0.6 is 11.6 Å². The first-order valence-electron chi connectivity index (χ1n) is 5.25. The predicted octanol–water partition coefficient (Wildman–Crippen LogP) is 2.16. The zero-order valence-corrected chi connectivity index (χ0v) is 9.15. The Kier molecular flexibility index (Phi) is 5.76. The van der Waals surface area contributed by atoms with Crippen LogP contribution in [0.3, 0.4) is 0 Å². The molecule has 13 heavy (non-hydrogen) atoms. The van der Waals surface area contributed by atoms with Crippen LogP contribution in [0.5, 0.6) is 0 Å². The third kappa shape index (κ3) is 4.84. The van der Waals surface area contributed by atoms with Crippen molar-refractivity contribution in [2.45, 2.75) is 44.8 Å². The molecule has 1 N–H and O–H groups in total. The van der Waals surface area contributed by atoms with E-state index in [1.807, 2.05) is 0 Å². The van der Waals surface area contributed by atoms with Crippen molar-refractivity contribution in [3.05, 3.63) is 0 Å². The lowest BCUT2D eigenvalue weighted by atomic mass is 10.2. The highest BCUT2D eigenvalue weighted by atomic mass is 35.5. The van der Waals surface area contributed by atoms with E-state index in [1.54, 1.807) is 0 Å². The van der Waals surface area contributed by atoms with Crippen LogP contribution < -0.4 is 5.32 Å². The van der Waals surface area contributed by atoms with Gasteiger partial charge in [0.05, 0.1) is 12.2 Å². The molecule has 0 bridgehead atoms. The SMILES string of the molecule is CC1CCC(CNCCCCCl)O1. The van der Waals surface area contributed by atoms with E-state index in [0.29, 0.717) is 12.2 Å². The van der Waals surface area contributed by atoms with Gasteiger partial charge < -0.3 is 10.1 Å². The Morgan fingerprint density at radius 1 is 1.38 bits per heavy atom. The molecule has 2 atom stereocenters. The quantitative estimate of drug-likeness (QED) is 0.530. The van der Waals surface area contributed by atoms with Crippen molar-refractivity contribution in [3.8, 4) is 0 Å². The van der Waals surface area contributed by atoms with E-state index < -0.39 is 0 Å². The largest absolute Gasteiger partial charge is 0.374 e. The number of hydrogen-bond acceptors (Lipinski definition) is 2. The van der Waals surface area contributed by atoms with Gasteiger partial charge in [-0.3, -0.25) is 0 Å². The lowest BCUT2D eigenvalue weighted by Crippen LogP contribution is -2.27. The van der Waals surface area contributed by atoms with E-state index in [1.165, 1.54) is 19.3 Å². The van der Waals surface area contributed by atoms with Crippen LogP contribution in [0.1, 0.15) is 32.6 Å². The summed E-state index contributed by atoms with van der Waals surface area (Å²) in [6, 6.07) is 0. The summed E-state index contributed by atoms with van der Waals surface area (Å²) < 4.78 is 5.68. The van der Waals surface area contributed by atoms with Crippen molar-refractivity contribution in [2.75, 3.05) is 19.0 Å². The number of rotatable bonds is 6. The number of nitrogens with one attached hydrogen (secondary N) is 1. The third-order valence-electron chi connectivity index (χ3n) is 2.43. The second-order valence-corrected chi connectivity index (χ2v) is 4.12. The van der Waals surface area contributed by atoms with Gasteiger partial charge in [0, 0.05) is 12.4 Å². The highest BCUT2D eigenvalue weighted by Crippen LogP contribution is 2.17. The van der Waals surface area contributed by atoms with Gasteiger partial charge in [-0.25, -0.2) is 0 Å².